The van der Waals surface area contributed by atoms with Gasteiger partial charge in [-0.05, 0) is 12.8 Å². The second kappa shape index (κ2) is 2.60. The molecule has 1 amide bonds. The SMILES string of the molecule is O=C(NC1CC1)OC(F)(F)F. The molecule has 1 N–H and O–H groups in total. The smallest absolute Gasteiger partial charge is 0.356 e. The summed E-state index contributed by atoms with van der Waals surface area (Å²) in [5.41, 5.74) is 0. The van der Waals surface area contributed by atoms with E-state index in [4.69, 9.17) is 0 Å². The van der Waals surface area contributed by atoms with Crippen LogP contribution in [0.1, 0.15) is 12.8 Å². The van der Waals surface area contributed by atoms with E-state index in [-0.39, 0.29) is 6.04 Å². The van der Waals surface area contributed by atoms with Gasteiger partial charge >= 0.3 is 12.5 Å². The van der Waals surface area contributed by atoms with Gasteiger partial charge in [-0.25, -0.2) is 4.79 Å². The van der Waals surface area contributed by atoms with Crippen molar-refractivity contribution in [2.75, 3.05) is 0 Å². The second-order valence-electron chi connectivity index (χ2n) is 2.25. The quantitative estimate of drug-likeness (QED) is 0.644. The van der Waals surface area contributed by atoms with Crippen molar-refractivity contribution in [3.8, 4) is 0 Å². The van der Waals surface area contributed by atoms with Crippen LogP contribution in [0.4, 0.5) is 18.0 Å². The standard InChI is InChI=1S/C5H6F3NO2/c6-5(7,8)11-4(10)9-3-1-2-3/h3H,1-2H2,(H,9,10). The minimum atomic E-state index is -4.88. The average molecular weight is 169 g/mol. The Morgan fingerprint density at radius 2 is 2.00 bits per heavy atom. The van der Waals surface area contributed by atoms with Gasteiger partial charge in [-0.15, -0.1) is 13.2 Å². The molecule has 0 aromatic heterocycles. The van der Waals surface area contributed by atoms with Crippen molar-refractivity contribution in [1.29, 1.82) is 0 Å². The van der Waals surface area contributed by atoms with E-state index in [2.05, 4.69) is 4.74 Å². The number of amides is 1. The van der Waals surface area contributed by atoms with E-state index in [1.165, 1.54) is 0 Å². The molecule has 1 aliphatic rings. The summed E-state index contributed by atoms with van der Waals surface area (Å²) in [6, 6.07) is -0.121. The van der Waals surface area contributed by atoms with Crippen LogP contribution in [0.15, 0.2) is 0 Å². The number of hydrogen-bond acceptors (Lipinski definition) is 2. The molecular formula is C5H6F3NO2. The monoisotopic (exact) mass is 169 g/mol. The number of halogens is 3. The lowest BCUT2D eigenvalue weighted by Gasteiger charge is -2.06. The van der Waals surface area contributed by atoms with Crippen molar-refractivity contribution in [3.05, 3.63) is 0 Å². The van der Waals surface area contributed by atoms with E-state index < -0.39 is 12.5 Å². The molecule has 0 unspecified atom stereocenters. The van der Waals surface area contributed by atoms with Gasteiger partial charge in [-0.1, -0.05) is 0 Å². The van der Waals surface area contributed by atoms with Crippen LogP contribution in [0.2, 0.25) is 0 Å². The van der Waals surface area contributed by atoms with Gasteiger partial charge in [-0.3, -0.25) is 0 Å². The van der Waals surface area contributed by atoms with Gasteiger partial charge in [0.05, 0.1) is 0 Å². The topological polar surface area (TPSA) is 38.3 Å². The second-order valence-corrected chi connectivity index (χ2v) is 2.25. The Labute approximate surface area is 60.5 Å². The number of alkyl halides is 3. The van der Waals surface area contributed by atoms with E-state index >= 15 is 0 Å². The molecule has 0 aromatic rings. The molecule has 3 nitrogen and oxygen atoms in total. The maximum absolute atomic E-state index is 11.3. The van der Waals surface area contributed by atoms with Crippen LogP contribution in [0.5, 0.6) is 0 Å². The summed E-state index contributed by atoms with van der Waals surface area (Å²) in [5.74, 6) is 0. The highest BCUT2D eigenvalue weighted by atomic mass is 19.4. The lowest BCUT2D eigenvalue weighted by atomic mass is 10.7. The third kappa shape index (κ3) is 3.69. The molecule has 1 fully saturated rings. The fourth-order valence-corrected chi connectivity index (χ4v) is 0.529. The lowest BCUT2D eigenvalue weighted by molar-refractivity contribution is -0.291. The van der Waals surface area contributed by atoms with Crippen LogP contribution in [-0.4, -0.2) is 18.5 Å². The summed E-state index contributed by atoms with van der Waals surface area (Å²) in [7, 11) is 0. The van der Waals surface area contributed by atoms with Crippen LogP contribution >= 0.6 is 0 Å². The average Bonchev–Trinajstić information content (AvgIpc) is 2.42. The zero-order valence-corrected chi connectivity index (χ0v) is 5.44. The van der Waals surface area contributed by atoms with E-state index in [1.54, 1.807) is 0 Å². The number of nitrogens with one attached hydrogen (secondary N) is 1. The molecule has 0 aliphatic heterocycles. The van der Waals surface area contributed by atoms with Crippen LogP contribution in [0.3, 0.4) is 0 Å². The highest BCUT2D eigenvalue weighted by Gasteiger charge is 2.35. The molecule has 1 saturated carbocycles. The molecule has 1 aliphatic carbocycles. The molecule has 0 bridgehead atoms. The van der Waals surface area contributed by atoms with Gasteiger partial charge in [0, 0.05) is 6.04 Å². The third-order valence-electron chi connectivity index (χ3n) is 1.11. The van der Waals surface area contributed by atoms with Crippen LogP contribution in [0, 0.1) is 0 Å². The lowest BCUT2D eigenvalue weighted by Crippen LogP contribution is -2.31. The van der Waals surface area contributed by atoms with Crippen molar-refractivity contribution in [2.45, 2.75) is 25.2 Å². The number of hydrogen-bond donors (Lipinski definition) is 1. The molecule has 0 radical (unpaired) electrons. The van der Waals surface area contributed by atoms with Crippen LogP contribution < -0.4 is 5.32 Å². The number of carbonyl (C=O) groups excluding carboxylic acids is 1. The van der Waals surface area contributed by atoms with Gasteiger partial charge in [0.15, 0.2) is 0 Å². The minimum Gasteiger partial charge on any atom is -0.356 e. The van der Waals surface area contributed by atoms with E-state index in [0.717, 1.165) is 12.8 Å². The van der Waals surface area contributed by atoms with Crippen molar-refractivity contribution < 1.29 is 22.7 Å². The van der Waals surface area contributed by atoms with E-state index in [1.807, 2.05) is 5.32 Å². The molecule has 0 aromatic carbocycles. The Morgan fingerprint density at radius 3 is 2.36 bits per heavy atom. The fraction of sp³-hybridized carbons (Fsp3) is 0.800. The van der Waals surface area contributed by atoms with Crippen molar-refractivity contribution >= 4 is 6.09 Å². The zero-order valence-electron chi connectivity index (χ0n) is 5.44. The Bertz CT molecular complexity index is 164. The number of rotatable bonds is 1. The first-order chi connectivity index (χ1) is 4.97. The summed E-state index contributed by atoms with van der Waals surface area (Å²) in [4.78, 5) is 10.3. The maximum atomic E-state index is 11.3. The van der Waals surface area contributed by atoms with Gasteiger partial charge in [-0.2, -0.15) is 0 Å². The number of alkyl carbamates (subject to hydrolysis) is 1. The Balaban J connectivity index is 2.19. The Morgan fingerprint density at radius 1 is 1.45 bits per heavy atom. The van der Waals surface area contributed by atoms with Crippen LogP contribution in [0.25, 0.3) is 0 Å². The summed E-state index contributed by atoms with van der Waals surface area (Å²) >= 11 is 0. The predicted molar refractivity (Wildman–Crippen MR) is 28.7 cm³/mol. The maximum Gasteiger partial charge on any atom is 0.576 e. The molecular weight excluding hydrogens is 163 g/mol. The molecule has 0 saturated heterocycles. The normalized spacial score (nSPS) is 17.7. The third-order valence-corrected chi connectivity index (χ3v) is 1.11. The van der Waals surface area contributed by atoms with Crippen molar-refractivity contribution in [3.63, 3.8) is 0 Å². The molecule has 1 rings (SSSR count). The van der Waals surface area contributed by atoms with Crippen LogP contribution in [-0.2, 0) is 4.74 Å². The highest BCUT2D eigenvalue weighted by Crippen LogP contribution is 2.21. The summed E-state index contributed by atoms with van der Waals surface area (Å²) < 4.78 is 36.9. The first-order valence-corrected chi connectivity index (χ1v) is 3.03. The van der Waals surface area contributed by atoms with E-state index in [0.29, 0.717) is 0 Å². The fourth-order valence-electron chi connectivity index (χ4n) is 0.529. The number of ether oxygens (including phenoxy) is 1. The first-order valence-electron chi connectivity index (χ1n) is 3.03. The van der Waals surface area contributed by atoms with Gasteiger partial charge in [0.25, 0.3) is 0 Å². The summed E-state index contributed by atoms with van der Waals surface area (Å²) in [6.45, 7) is 0. The predicted octanol–water partition coefficient (Wildman–Crippen LogP) is 1.39. The van der Waals surface area contributed by atoms with Gasteiger partial charge in [0.1, 0.15) is 0 Å². The Hall–Kier alpha value is -0.940. The molecule has 11 heavy (non-hydrogen) atoms. The summed E-state index contributed by atoms with van der Waals surface area (Å²) in [5, 5.41) is 2.03. The summed E-state index contributed by atoms with van der Waals surface area (Å²) in [6.07, 6.45) is -4.83. The van der Waals surface area contributed by atoms with Crippen molar-refractivity contribution in [1.82, 2.24) is 5.32 Å². The molecule has 0 spiro atoms. The molecule has 0 atom stereocenters. The molecule has 6 heteroatoms. The van der Waals surface area contributed by atoms with Gasteiger partial charge < -0.3 is 10.1 Å². The zero-order chi connectivity index (χ0) is 8.48. The van der Waals surface area contributed by atoms with E-state index in [9.17, 15) is 18.0 Å². The largest absolute Gasteiger partial charge is 0.576 e. The van der Waals surface area contributed by atoms with Crippen molar-refractivity contribution in [2.24, 2.45) is 0 Å². The molecule has 64 valence electrons. The first kappa shape index (κ1) is 8.16. The molecule has 0 heterocycles. The number of carbonyl (C=O) groups is 1. The highest BCUT2D eigenvalue weighted by molar-refractivity contribution is 5.68. The van der Waals surface area contributed by atoms with Gasteiger partial charge in [0.2, 0.25) is 0 Å². The Kier molecular flexibility index (Phi) is 1.92. The minimum absolute atomic E-state index is 0.121.